The van der Waals surface area contributed by atoms with Crippen LogP contribution >= 0.6 is 22.6 Å². The van der Waals surface area contributed by atoms with Gasteiger partial charge in [-0.2, -0.15) is 0 Å². The van der Waals surface area contributed by atoms with Crippen LogP contribution in [0.15, 0.2) is 46.3 Å². The number of Topliss-reactive ketones (excluding diaryl/α,β-unsaturated/α-hetero) is 4. The molecule has 0 radical (unpaired) electrons. The molecule has 0 spiro atoms. The Labute approximate surface area is 422 Å². The van der Waals surface area contributed by atoms with Gasteiger partial charge in [0, 0.05) is 75.7 Å². The number of aliphatic hydroxyl groups excluding tert-OH is 3. The van der Waals surface area contributed by atoms with E-state index in [0.29, 0.717) is 20.4 Å². The van der Waals surface area contributed by atoms with Crippen LogP contribution in [-0.4, -0.2) is 174 Å². The number of benzene rings is 2. The lowest BCUT2D eigenvalue weighted by Crippen LogP contribution is -2.65. The summed E-state index contributed by atoms with van der Waals surface area (Å²) in [5.74, 6) is -6.25. The third kappa shape index (κ3) is 7.95. The monoisotopic (exact) mass is 1090 g/mol. The summed E-state index contributed by atoms with van der Waals surface area (Å²) in [4.78, 5) is 84.9. The number of anilines is 2. The summed E-state index contributed by atoms with van der Waals surface area (Å²) in [6.45, 7) is 0.126. The number of primary amides is 2. The normalized spacial score (nSPS) is 27.5. The lowest BCUT2D eigenvalue weighted by Gasteiger charge is -2.50. The lowest BCUT2D eigenvalue weighted by molar-refractivity contribution is -0.160. The number of phenols is 2. The first-order chi connectivity index (χ1) is 33.1. The number of nitrogens with zero attached hydrogens (tertiary/aromatic N) is 4. The van der Waals surface area contributed by atoms with Crippen LogP contribution in [0.5, 0.6) is 11.5 Å². The molecule has 6 aliphatic rings. The molecule has 0 aliphatic heterocycles. The van der Waals surface area contributed by atoms with Crippen molar-refractivity contribution in [3.63, 3.8) is 0 Å². The van der Waals surface area contributed by atoms with Gasteiger partial charge in [-0.25, -0.2) is 0 Å². The largest absolute Gasteiger partial charge is 0.508 e. The number of ether oxygens (including phenoxy) is 1. The Morgan fingerprint density at radius 1 is 0.732 bits per heavy atom. The maximum atomic E-state index is 13.9. The van der Waals surface area contributed by atoms with Crippen molar-refractivity contribution in [3.05, 3.63) is 77.6 Å². The fourth-order valence-electron chi connectivity index (χ4n) is 11.5. The third-order valence-corrected chi connectivity index (χ3v) is 15.5. The molecule has 2 saturated carbocycles. The number of carbonyl (C=O) groups excluding carboxylic acids is 6. The quantitative estimate of drug-likeness (QED) is 0.0801. The molecule has 11 N–H and O–H groups in total. The number of rotatable bonds is 7. The Hall–Kier alpha value is -6.29. The molecule has 0 heterocycles. The van der Waals surface area contributed by atoms with E-state index < -0.39 is 110 Å². The van der Waals surface area contributed by atoms with Crippen LogP contribution in [0.1, 0.15) is 40.7 Å². The van der Waals surface area contributed by atoms with Crippen LogP contribution in [-0.2, 0) is 46.3 Å². The molecule has 21 heteroatoms. The molecule has 20 nitrogen and oxygen atoms in total. The third-order valence-electron chi connectivity index (χ3n) is 14.7. The number of aliphatic hydroxyl groups is 5. The van der Waals surface area contributed by atoms with Crippen LogP contribution in [0, 0.1) is 39.1 Å². The summed E-state index contributed by atoms with van der Waals surface area (Å²) in [6, 6.07) is 1.76. The number of halogens is 1. The van der Waals surface area contributed by atoms with Gasteiger partial charge in [-0.15, -0.1) is 0 Å². The molecule has 2 amide bonds. The zero-order valence-electron chi connectivity index (χ0n) is 40.5. The van der Waals surface area contributed by atoms with Crippen LogP contribution in [0.4, 0.5) is 11.4 Å². The van der Waals surface area contributed by atoms with E-state index in [1.807, 2.05) is 60.6 Å². The summed E-state index contributed by atoms with van der Waals surface area (Å²) in [7, 11) is 15.3. The second kappa shape index (κ2) is 18.7. The van der Waals surface area contributed by atoms with Gasteiger partial charge in [0.1, 0.15) is 41.0 Å². The van der Waals surface area contributed by atoms with E-state index >= 15 is 0 Å². The van der Waals surface area contributed by atoms with Gasteiger partial charge in [0.15, 0.2) is 17.0 Å². The van der Waals surface area contributed by atoms with Crippen LogP contribution < -0.4 is 21.3 Å². The molecule has 0 saturated heterocycles. The smallest absolute Gasteiger partial charge is 0.255 e. The number of methoxy groups -OCH3 is 1. The molecule has 2 aromatic rings. The number of phenolic OH excluding ortho intramolecular Hbond substituents is 2. The highest BCUT2D eigenvalue weighted by atomic mass is 127. The molecular weight excluding hydrogens is 1040 g/mol. The Kier molecular flexibility index (Phi) is 13.8. The van der Waals surface area contributed by atoms with Gasteiger partial charge in [-0.1, -0.05) is 17.9 Å². The van der Waals surface area contributed by atoms with Gasteiger partial charge in [0.05, 0.1) is 31.9 Å². The highest BCUT2D eigenvalue weighted by Crippen LogP contribution is 2.55. The topological polar surface area (TPSA) is 318 Å². The Morgan fingerprint density at radius 2 is 1.24 bits per heavy atom. The number of ketones is 4. The predicted molar refractivity (Wildman–Crippen MR) is 267 cm³/mol. The zero-order valence-corrected chi connectivity index (χ0v) is 42.7. The maximum absolute atomic E-state index is 13.9. The molecule has 378 valence electrons. The van der Waals surface area contributed by atoms with E-state index in [9.17, 15) is 64.5 Å². The Bertz CT molecular complexity index is 2940. The molecule has 0 bridgehead atoms. The molecule has 71 heavy (non-hydrogen) atoms. The van der Waals surface area contributed by atoms with Gasteiger partial charge in [-0.3, -0.25) is 33.7 Å². The second-order valence-electron chi connectivity index (χ2n) is 19.5. The van der Waals surface area contributed by atoms with Crippen molar-refractivity contribution in [2.75, 3.05) is 79.9 Å². The van der Waals surface area contributed by atoms with E-state index in [1.165, 1.54) is 18.1 Å². The average Bonchev–Trinajstić information content (AvgIpc) is 3.27. The number of fused-ring (bicyclic) bond motifs is 6. The first-order valence-corrected chi connectivity index (χ1v) is 23.5. The van der Waals surface area contributed by atoms with E-state index in [0.717, 1.165) is 5.69 Å². The number of hydrogen-bond donors (Lipinski definition) is 9. The van der Waals surface area contributed by atoms with Crippen molar-refractivity contribution in [1.82, 2.24) is 9.80 Å². The van der Waals surface area contributed by atoms with Crippen molar-refractivity contribution in [2.45, 2.75) is 49.0 Å². The number of likely N-dealkylation sites (N-methyl/N-ethyl adjacent to an activating group) is 2. The standard InChI is InChI=1S/C27H31N3O7.C23H26IN3O7/c1-29(2)18-11-13(7-6-8-37-5)22(31)21-15(18)9-14-10-17-19(30(3)4)12-16(26(28)35)24(33)27(17,36)25(34)20(14)23(21)32;1-26(2)12-7-11(24)17(28)14-9(12)5-8-6-10-16(27(3)4)19(30)15(22(25)33)21(32)23(10,34)20(31)13(8)18(14)29/h11-12,14,17,19,31-32,36H,8-10H2,1-5H3,(H2,28,35);7-8,10,16,28-29,32,34H,5-6H2,1-4H3,(H2,25,33)/t14-,17-,19+,27+;8-,10-,16-,23-/m00/s1. The van der Waals surface area contributed by atoms with E-state index in [2.05, 4.69) is 11.8 Å². The highest BCUT2D eigenvalue weighted by molar-refractivity contribution is 14.1. The van der Waals surface area contributed by atoms with Crippen molar-refractivity contribution >= 4 is 80.4 Å². The number of nitrogens with two attached hydrogens (primary N) is 2. The predicted octanol–water partition coefficient (Wildman–Crippen LogP) is 0.777. The highest BCUT2D eigenvalue weighted by Gasteiger charge is 2.65. The number of hydrogen-bond acceptors (Lipinski definition) is 18. The Morgan fingerprint density at radius 3 is 1.72 bits per heavy atom. The van der Waals surface area contributed by atoms with Crippen LogP contribution in [0.25, 0.3) is 11.5 Å². The summed E-state index contributed by atoms with van der Waals surface area (Å²) in [5.41, 5.74) is 7.00. The fraction of sp³-hybridized carbons (Fsp3) is 0.440. The molecule has 8 atom stereocenters. The Balaban J connectivity index is 0.000000209. The van der Waals surface area contributed by atoms with Crippen molar-refractivity contribution in [3.8, 4) is 23.3 Å². The van der Waals surface area contributed by atoms with Crippen molar-refractivity contribution < 1.29 is 69.2 Å². The van der Waals surface area contributed by atoms with Gasteiger partial charge < -0.3 is 66.6 Å². The summed E-state index contributed by atoms with van der Waals surface area (Å²) >= 11 is 1.92. The minimum atomic E-state index is -2.63. The minimum Gasteiger partial charge on any atom is -0.508 e. The van der Waals surface area contributed by atoms with Crippen molar-refractivity contribution in [1.29, 1.82) is 0 Å². The minimum absolute atomic E-state index is 0.0349. The van der Waals surface area contributed by atoms with Gasteiger partial charge in [0.2, 0.25) is 17.3 Å². The molecule has 8 rings (SSSR count). The van der Waals surface area contributed by atoms with E-state index in [4.69, 9.17) is 16.2 Å². The first-order valence-electron chi connectivity index (χ1n) is 22.4. The molecule has 6 aliphatic carbocycles. The first kappa shape index (κ1) is 52.5. The maximum Gasteiger partial charge on any atom is 0.255 e. The van der Waals surface area contributed by atoms with Gasteiger partial charge >= 0.3 is 0 Å². The average molecular weight is 1090 g/mol. The van der Waals surface area contributed by atoms with E-state index in [-0.39, 0.29) is 71.6 Å². The summed E-state index contributed by atoms with van der Waals surface area (Å²) in [6.07, 6.45) is 2.18. The summed E-state index contributed by atoms with van der Waals surface area (Å²) < 4.78 is 5.41. The summed E-state index contributed by atoms with van der Waals surface area (Å²) in [5, 5.41) is 78.6. The number of carbonyl (C=O) groups is 6. The molecule has 0 unspecified atom stereocenters. The van der Waals surface area contributed by atoms with Gasteiger partial charge in [-0.05, 0) is 112 Å². The molecule has 2 fully saturated rings. The lowest BCUT2D eigenvalue weighted by atomic mass is 9.57. The zero-order chi connectivity index (χ0) is 52.8. The fourth-order valence-corrected chi connectivity index (χ4v) is 12.0. The van der Waals surface area contributed by atoms with E-state index in [1.54, 1.807) is 45.2 Å². The molecule has 2 aromatic carbocycles. The molecular formula is C50H57IN6O14. The number of aromatic hydroxyl groups is 2. The SMILES string of the molecule is CN(C)c1cc(I)c(O)c2c1C[C@H]1C[C@H]3[C@H](N(C)C)C(=O)C(C(N)=O)=C(O)[C@@]3(O)C(=O)C1=C2O.COCC#Cc1cc(N(C)C)c2c(c1O)C(O)=C1C(=O)[C@]3(O)C(=O)C(C(N)=O)=C[C@@H](N(C)C)[C@@H]3C[C@@H]1C2. The molecule has 0 aromatic heterocycles. The number of amides is 2. The van der Waals surface area contributed by atoms with Crippen molar-refractivity contribution in [2.24, 2.45) is 35.1 Å². The second-order valence-corrected chi connectivity index (χ2v) is 20.7. The van der Waals surface area contributed by atoms with Crippen LogP contribution in [0.2, 0.25) is 0 Å². The van der Waals surface area contributed by atoms with Crippen LogP contribution in [0.3, 0.4) is 0 Å². The van der Waals surface area contributed by atoms with Gasteiger partial charge in [0.25, 0.3) is 11.8 Å².